The van der Waals surface area contributed by atoms with E-state index in [2.05, 4.69) is 87.0 Å². The fourth-order valence-electron chi connectivity index (χ4n) is 4.49. The summed E-state index contributed by atoms with van der Waals surface area (Å²) in [5.74, 6) is 0. The van der Waals surface area contributed by atoms with Crippen molar-refractivity contribution in [3.05, 3.63) is 63.7 Å². The fraction of sp³-hybridized carbons (Fsp3) is 0.533. The summed E-state index contributed by atoms with van der Waals surface area (Å²) in [4.78, 5) is 0. The lowest BCUT2D eigenvalue weighted by molar-refractivity contribution is 0.275. The molecule has 2 atom stereocenters. The van der Waals surface area contributed by atoms with E-state index in [1.54, 1.807) is 0 Å². The number of rotatable bonds is 5. The lowest BCUT2D eigenvalue weighted by Crippen LogP contribution is -2.40. The van der Waals surface area contributed by atoms with Crippen molar-refractivity contribution in [2.75, 3.05) is 0 Å². The van der Waals surface area contributed by atoms with E-state index in [0.29, 0.717) is 25.3 Å². The SMILES string of the molecule is CC1CCC(c2ccc(Cl)c(CO[Si](C)(C)C(C)(C)C)c2)=NN1.CC1CCC(c2ccc3c(c2)COB3O)=NN1. The molecule has 3 aliphatic rings. The predicted molar refractivity (Wildman–Crippen MR) is 169 cm³/mol. The predicted octanol–water partition coefficient (Wildman–Crippen LogP) is 5.72. The third-order valence-corrected chi connectivity index (χ3v) is 13.2. The fourth-order valence-corrected chi connectivity index (χ4v) is 5.61. The molecule has 3 aliphatic heterocycles. The Kier molecular flexibility index (Phi) is 9.83. The van der Waals surface area contributed by atoms with Crippen molar-refractivity contribution in [2.45, 2.75) is 104 Å². The average molecular weight is 583 g/mol. The highest BCUT2D eigenvalue weighted by Gasteiger charge is 2.37. The molecular formula is C30H44BClN4O3Si. The van der Waals surface area contributed by atoms with Gasteiger partial charge in [-0.05, 0) is 104 Å². The van der Waals surface area contributed by atoms with Gasteiger partial charge in [-0.1, -0.05) is 50.6 Å². The molecule has 2 aromatic carbocycles. The Morgan fingerprint density at radius 2 is 1.57 bits per heavy atom. The number of fused-ring (bicyclic) bond motifs is 1. The molecule has 40 heavy (non-hydrogen) atoms. The zero-order chi connectivity index (χ0) is 29.1. The van der Waals surface area contributed by atoms with Crippen molar-refractivity contribution in [2.24, 2.45) is 10.2 Å². The van der Waals surface area contributed by atoms with Gasteiger partial charge in [0.15, 0.2) is 8.32 Å². The number of hydrazone groups is 2. The van der Waals surface area contributed by atoms with Crippen molar-refractivity contribution in [3.8, 4) is 0 Å². The van der Waals surface area contributed by atoms with Gasteiger partial charge in [0.1, 0.15) is 0 Å². The third kappa shape index (κ3) is 7.56. The summed E-state index contributed by atoms with van der Waals surface area (Å²) < 4.78 is 11.5. The minimum absolute atomic E-state index is 0.199. The Morgan fingerprint density at radius 1 is 1.00 bits per heavy atom. The summed E-state index contributed by atoms with van der Waals surface area (Å²) in [6, 6.07) is 13.1. The van der Waals surface area contributed by atoms with Crippen LogP contribution in [0.25, 0.3) is 0 Å². The van der Waals surface area contributed by atoms with E-state index in [9.17, 15) is 5.02 Å². The highest BCUT2D eigenvalue weighted by molar-refractivity contribution is 6.74. The summed E-state index contributed by atoms with van der Waals surface area (Å²) in [7, 11) is -2.54. The molecule has 0 fully saturated rings. The first kappa shape index (κ1) is 30.8. The molecule has 2 unspecified atom stereocenters. The van der Waals surface area contributed by atoms with E-state index >= 15 is 0 Å². The first-order valence-corrected chi connectivity index (χ1v) is 17.6. The van der Waals surface area contributed by atoms with E-state index in [0.717, 1.165) is 69.8 Å². The largest absolute Gasteiger partial charge is 0.491 e. The lowest BCUT2D eigenvalue weighted by Gasteiger charge is -2.36. The summed E-state index contributed by atoms with van der Waals surface area (Å²) >= 11 is 6.38. The van der Waals surface area contributed by atoms with Crippen LogP contribution in [0.3, 0.4) is 0 Å². The van der Waals surface area contributed by atoms with Gasteiger partial charge in [0.05, 0.1) is 24.6 Å². The minimum Gasteiger partial charge on any atom is -0.423 e. The maximum atomic E-state index is 9.55. The number of hydrogen-bond donors (Lipinski definition) is 3. The monoisotopic (exact) mass is 582 g/mol. The normalized spacial score (nSPS) is 20.9. The molecule has 0 bridgehead atoms. The Balaban J connectivity index is 0.000000192. The number of benzene rings is 2. The quantitative estimate of drug-likeness (QED) is 0.393. The molecule has 0 saturated heterocycles. The molecule has 3 N–H and O–H groups in total. The van der Waals surface area contributed by atoms with Gasteiger partial charge in [0, 0.05) is 17.1 Å². The Bertz CT molecular complexity index is 1260. The van der Waals surface area contributed by atoms with Crippen LogP contribution in [-0.2, 0) is 22.3 Å². The molecule has 3 heterocycles. The molecule has 5 rings (SSSR count). The van der Waals surface area contributed by atoms with Gasteiger partial charge in [0.2, 0.25) is 0 Å². The summed E-state index contributed by atoms with van der Waals surface area (Å²) in [5, 5.41) is 19.4. The second-order valence-electron chi connectivity index (χ2n) is 12.7. The highest BCUT2D eigenvalue weighted by Crippen LogP contribution is 2.37. The highest BCUT2D eigenvalue weighted by atomic mass is 35.5. The standard InChI is InChI=1S/C18H29ClN2OSi.C12H15BN2O2/c1-13-7-10-17(21-20-13)14-8-9-16(19)15(11-14)12-22-23(5,6)18(2,3)4;1-8-2-5-12(15-14-8)9-3-4-11-10(6-9)7-17-13(11)16/h8-9,11,13,20H,7,10,12H2,1-6H3;3-4,6,8,14,16H,2,5,7H2,1H3. The van der Waals surface area contributed by atoms with Crippen molar-refractivity contribution >= 4 is 43.9 Å². The van der Waals surface area contributed by atoms with Crippen LogP contribution in [0.15, 0.2) is 46.6 Å². The molecular weight excluding hydrogens is 539 g/mol. The van der Waals surface area contributed by atoms with E-state index in [-0.39, 0.29) is 5.04 Å². The number of hydrogen-bond acceptors (Lipinski definition) is 7. The molecule has 10 heteroatoms. The molecule has 0 amide bonds. The second-order valence-corrected chi connectivity index (χ2v) is 17.9. The van der Waals surface area contributed by atoms with Crippen molar-refractivity contribution in [3.63, 3.8) is 0 Å². The molecule has 0 saturated carbocycles. The lowest BCUT2D eigenvalue weighted by atomic mass is 9.79. The maximum absolute atomic E-state index is 9.55. The van der Waals surface area contributed by atoms with Gasteiger partial charge in [-0.3, -0.25) is 0 Å². The summed E-state index contributed by atoms with van der Waals surface area (Å²) in [6.07, 6.45) is 4.21. The van der Waals surface area contributed by atoms with Crippen LogP contribution in [0.5, 0.6) is 0 Å². The van der Waals surface area contributed by atoms with Crippen LogP contribution < -0.4 is 16.3 Å². The molecule has 0 spiro atoms. The van der Waals surface area contributed by atoms with Gasteiger partial charge in [-0.15, -0.1) is 0 Å². The molecule has 0 aromatic heterocycles. The zero-order valence-electron chi connectivity index (χ0n) is 25.0. The van der Waals surface area contributed by atoms with Crippen LogP contribution in [0.4, 0.5) is 0 Å². The van der Waals surface area contributed by atoms with Crippen LogP contribution in [-0.4, -0.2) is 44.0 Å². The summed E-state index contributed by atoms with van der Waals surface area (Å²) in [5.41, 5.74) is 13.7. The second kappa shape index (κ2) is 12.8. The van der Waals surface area contributed by atoms with Crippen LogP contribution in [0.2, 0.25) is 23.2 Å². The molecule has 2 aromatic rings. The van der Waals surface area contributed by atoms with E-state index in [1.165, 1.54) is 0 Å². The van der Waals surface area contributed by atoms with Gasteiger partial charge >= 0.3 is 7.12 Å². The minimum atomic E-state index is -1.78. The first-order chi connectivity index (χ1) is 18.8. The third-order valence-electron chi connectivity index (χ3n) is 8.38. The topological polar surface area (TPSA) is 87.5 Å². The van der Waals surface area contributed by atoms with E-state index in [1.807, 2.05) is 18.2 Å². The number of nitrogens with one attached hydrogen (secondary N) is 2. The molecule has 0 radical (unpaired) electrons. The molecule has 0 aliphatic carbocycles. The van der Waals surface area contributed by atoms with Crippen molar-refractivity contribution < 1.29 is 14.1 Å². The molecule has 216 valence electrons. The van der Waals surface area contributed by atoms with Crippen molar-refractivity contribution in [1.82, 2.24) is 10.9 Å². The average Bonchev–Trinajstić information content (AvgIpc) is 3.29. The number of halogens is 1. The van der Waals surface area contributed by atoms with Gasteiger partial charge in [-0.25, -0.2) is 0 Å². The van der Waals surface area contributed by atoms with Crippen molar-refractivity contribution in [1.29, 1.82) is 0 Å². The van der Waals surface area contributed by atoms with E-state index in [4.69, 9.17) is 20.7 Å². The van der Waals surface area contributed by atoms with Crippen LogP contribution in [0, 0.1) is 0 Å². The Hall–Kier alpha value is -2.17. The molecule has 7 nitrogen and oxygen atoms in total. The van der Waals surface area contributed by atoms with Gasteiger partial charge in [0.25, 0.3) is 0 Å². The van der Waals surface area contributed by atoms with Crippen LogP contribution >= 0.6 is 11.6 Å². The van der Waals surface area contributed by atoms with Gasteiger partial charge < -0.3 is 25.0 Å². The smallest absolute Gasteiger partial charge is 0.423 e. The van der Waals surface area contributed by atoms with Gasteiger partial charge in [-0.2, -0.15) is 10.2 Å². The number of nitrogens with zero attached hydrogens (tertiary/aromatic N) is 2. The summed E-state index contributed by atoms with van der Waals surface area (Å²) in [6.45, 7) is 16.6. The Labute approximate surface area is 246 Å². The van der Waals surface area contributed by atoms with Crippen LogP contribution in [0.1, 0.15) is 82.6 Å². The van der Waals surface area contributed by atoms with E-state index < -0.39 is 15.4 Å². The maximum Gasteiger partial charge on any atom is 0.491 e. The zero-order valence-corrected chi connectivity index (χ0v) is 26.7. The first-order valence-electron chi connectivity index (χ1n) is 14.3. The Morgan fingerprint density at radius 3 is 2.12 bits per heavy atom.